The molecule has 10 heteroatoms. The van der Waals surface area contributed by atoms with E-state index in [1.54, 1.807) is 29.9 Å². The first-order valence-electron chi connectivity index (χ1n) is 8.01. The molecule has 146 valence electrons. The van der Waals surface area contributed by atoms with Crippen molar-refractivity contribution in [3.05, 3.63) is 67.8 Å². The number of benzene rings is 2. The van der Waals surface area contributed by atoms with Crippen LogP contribution in [0.2, 0.25) is 10.0 Å². The number of aromatic nitrogens is 2. The fourth-order valence-electron chi connectivity index (χ4n) is 2.31. The molecule has 1 heterocycles. The summed E-state index contributed by atoms with van der Waals surface area (Å²) in [4.78, 5) is 13.8. The lowest BCUT2D eigenvalue weighted by Gasteiger charge is -2.18. The number of halogens is 3. The van der Waals surface area contributed by atoms with Crippen LogP contribution < -0.4 is 0 Å². The molecular formula is C18H14Cl2FN3OS3. The van der Waals surface area contributed by atoms with Crippen molar-refractivity contribution in [2.45, 2.75) is 10.9 Å². The number of amides is 1. The molecule has 0 saturated carbocycles. The average Bonchev–Trinajstić information content (AvgIpc) is 3.04. The Morgan fingerprint density at radius 1 is 1.29 bits per heavy atom. The minimum atomic E-state index is -0.431. The zero-order valence-corrected chi connectivity index (χ0v) is 18.5. The fraction of sp³-hybridized carbons (Fsp3) is 0.167. The third kappa shape index (κ3) is 5.12. The summed E-state index contributed by atoms with van der Waals surface area (Å²) in [6.45, 7) is 0.0971. The molecule has 1 amide bonds. The number of hydrogen-bond acceptors (Lipinski definition) is 5. The fourth-order valence-corrected chi connectivity index (χ4v) is 4.96. The van der Waals surface area contributed by atoms with Crippen LogP contribution in [0.25, 0.3) is 5.69 Å². The van der Waals surface area contributed by atoms with Gasteiger partial charge in [0, 0.05) is 29.2 Å². The van der Waals surface area contributed by atoms with Gasteiger partial charge in [0.05, 0.1) is 11.4 Å². The van der Waals surface area contributed by atoms with Gasteiger partial charge >= 0.3 is 0 Å². The molecule has 0 unspecified atom stereocenters. The number of rotatable bonds is 6. The SMILES string of the molecule is CN(Cc1c(F)cccc1Cl)C(=O)CSc1nn(-c2ccc(Cl)cc2)c(=S)s1. The first-order valence-corrected chi connectivity index (χ1v) is 11.0. The maximum absolute atomic E-state index is 13.9. The van der Waals surface area contributed by atoms with Crippen LogP contribution in [0.15, 0.2) is 46.8 Å². The van der Waals surface area contributed by atoms with E-state index in [1.807, 2.05) is 12.1 Å². The summed E-state index contributed by atoms with van der Waals surface area (Å²) in [6, 6.07) is 11.6. The number of hydrogen-bond donors (Lipinski definition) is 0. The Bertz CT molecular complexity index is 1030. The second-order valence-electron chi connectivity index (χ2n) is 5.76. The molecule has 0 N–H and O–H groups in total. The smallest absolute Gasteiger partial charge is 0.233 e. The largest absolute Gasteiger partial charge is 0.341 e. The van der Waals surface area contributed by atoms with Crippen molar-refractivity contribution >= 4 is 64.4 Å². The van der Waals surface area contributed by atoms with Crippen molar-refractivity contribution < 1.29 is 9.18 Å². The Labute approximate surface area is 184 Å². The number of carbonyl (C=O) groups excluding carboxylic acids is 1. The van der Waals surface area contributed by atoms with Gasteiger partial charge < -0.3 is 4.90 Å². The van der Waals surface area contributed by atoms with E-state index in [9.17, 15) is 9.18 Å². The lowest BCUT2D eigenvalue weighted by molar-refractivity contribution is -0.127. The van der Waals surface area contributed by atoms with E-state index in [1.165, 1.54) is 40.1 Å². The summed E-state index contributed by atoms with van der Waals surface area (Å²) < 4.78 is 16.8. The second-order valence-corrected chi connectivity index (χ2v) is 9.45. The molecule has 0 aliphatic rings. The molecule has 0 atom stereocenters. The van der Waals surface area contributed by atoms with Gasteiger partial charge in [-0.3, -0.25) is 4.79 Å². The Hall–Kier alpha value is -1.45. The summed E-state index contributed by atoms with van der Waals surface area (Å²) in [7, 11) is 1.61. The highest BCUT2D eigenvalue weighted by Crippen LogP contribution is 2.26. The maximum atomic E-state index is 13.9. The van der Waals surface area contributed by atoms with Gasteiger partial charge in [-0.05, 0) is 48.6 Å². The Morgan fingerprint density at radius 3 is 2.68 bits per heavy atom. The third-order valence-electron chi connectivity index (χ3n) is 3.80. The van der Waals surface area contributed by atoms with E-state index in [4.69, 9.17) is 35.4 Å². The van der Waals surface area contributed by atoms with E-state index in [0.29, 0.717) is 23.9 Å². The Kier molecular flexibility index (Phi) is 7.11. The summed E-state index contributed by atoms with van der Waals surface area (Å²) in [5, 5.41) is 5.38. The minimum Gasteiger partial charge on any atom is -0.341 e. The van der Waals surface area contributed by atoms with E-state index >= 15 is 0 Å². The molecule has 0 spiro atoms. The molecule has 28 heavy (non-hydrogen) atoms. The molecule has 0 saturated heterocycles. The molecule has 0 aliphatic carbocycles. The van der Waals surface area contributed by atoms with Crippen LogP contribution >= 0.6 is 58.5 Å². The molecule has 0 radical (unpaired) electrons. The summed E-state index contributed by atoms with van der Waals surface area (Å²) in [6.07, 6.45) is 0. The molecule has 0 fully saturated rings. The van der Waals surface area contributed by atoms with E-state index in [2.05, 4.69) is 5.10 Å². The van der Waals surface area contributed by atoms with E-state index in [0.717, 1.165) is 5.69 Å². The van der Waals surface area contributed by atoms with Crippen molar-refractivity contribution in [2.24, 2.45) is 0 Å². The van der Waals surface area contributed by atoms with Crippen molar-refractivity contribution in [1.82, 2.24) is 14.7 Å². The molecule has 1 aromatic heterocycles. The van der Waals surface area contributed by atoms with Crippen LogP contribution in [-0.2, 0) is 11.3 Å². The molecule has 3 rings (SSSR count). The van der Waals surface area contributed by atoms with E-state index < -0.39 is 5.82 Å². The summed E-state index contributed by atoms with van der Waals surface area (Å²) >= 11 is 19.9. The van der Waals surface area contributed by atoms with Gasteiger partial charge in [0.25, 0.3) is 0 Å². The zero-order chi connectivity index (χ0) is 20.3. The average molecular weight is 474 g/mol. The molecule has 2 aromatic carbocycles. The standard InChI is InChI=1S/C18H14Cl2FN3OS3/c1-23(9-13-14(20)3-2-4-15(13)21)16(25)10-27-17-22-24(18(26)28-17)12-7-5-11(19)6-8-12/h2-8H,9-10H2,1H3. The second kappa shape index (κ2) is 9.37. The maximum Gasteiger partial charge on any atom is 0.233 e. The van der Waals surface area contributed by atoms with Gasteiger partial charge in [-0.1, -0.05) is 52.4 Å². The van der Waals surface area contributed by atoms with Crippen LogP contribution in [-0.4, -0.2) is 33.4 Å². The van der Waals surface area contributed by atoms with Gasteiger partial charge in [0.1, 0.15) is 5.82 Å². The number of nitrogens with zero attached hydrogens (tertiary/aromatic N) is 3. The predicted octanol–water partition coefficient (Wildman–Crippen LogP) is 5.86. The summed E-state index contributed by atoms with van der Waals surface area (Å²) in [5.74, 6) is -0.436. The first-order chi connectivity index (χ1) is 13.3. The van der Waals surface area contributed by atoms with Crippen LogP contribution in [0.3, 0.4) is 0 Å². The van der Waals surface area contributed by atoms with Crippen LogP contribution in [0, 0.1) is 9.77 Å². The minimum absolute atomic E-state index is 0.0971. The zero-order valence-electron chi connectivity index (χ0n) is 14.6. The third-order valence-corrected chi connectivity index (χ3v) is 6.76. The van der Waals surface area contributed by atoms with Crippen molar-refractivity contribution in [3.8, 4) is 5.69 Å². The molecule has 0 bridgehead atoms. The molecular weight excluding hydrogens is 460 g/mol. The highest BCUT2D eigenvalue weighted by molar-refractivity contribution is 8.01. The van der Waals surface area contributed by atoms with Crippen molar-refractivity contribution in [1.29, 1.82) is 0 Å². The summed E-state index contributed by atoms with van der Waals surface area (Å²) in [5.41, 5.74) is 1.10. The van der Waals surface area contributed by atoms with Gasteiger partial charge in [0.2, 0.25) is 5.91 Å². The lowest BCUT2D eigenvalue weighted by Crippen LogP contribution is -2.28. The first kappa shape index (κ1) is 21.3. The van der Waals surface area contributed by atoms with Crippen molar-refractivity contribution in [2.75, 3.05) is 12.8 Å². The highest BCUT2D eigenvalue weighted by Gasteiger charge is 2.16. The van der Waals surface area contributed by atoms with Gasteiger partial charge in [0.15, 0.2) is 8.29 Å². The van der Waals surface area contributed by atoms with Crippen molar-refractivity contribution in [3.63, 3.8) is 0 Å². The lowest BCUT2D eigenvalue weighted by atomic mass is 10.2. The predicted molar refractivity (Wildman–Crippen MR) is 116 cm³/mol. The number of carbonyl (C=O) groups is 1. The quantitative estimate of drug-likeness (QED) is 0.331. The van der Waals surface area contributed by atoms with Crippen LogP contribution in [0.1, 0.15) is 5.56 Å². The highest BCUT2D eigenvalue weighted by atomic mass is 35.5. The molecule has 3 aromatic rings. The van der Waals surface area contributed by atoms with Crippen LogP contribution in [0.4, 0.5) is 4.39 Å². The Morgan fingerprint density at radius 2 is 2.00 bits per heavy atom. The molecule has 0 aliphatic heterocycles. The monoisotopic (exact) mass is 473 g/mol. The Balaban J connectivity index is 1.64. The normalized spacial score (nSPS) is 10.9. The number of thioether (sulfide) groups is 1. The topological polar surface area (TPSA) is 38.1 Å². The van der Waals surface area contributed by atoms with Gasteiger partial charge in [-0.25, -0.2) is 9.07 Å². The van der Waals surface area contributed by atoms with Gasteiger partial charge in [-0.2, -0.15) is 0 Å². The van der Waals surface area contributed by atoms with E-state index in [-0.39, 0.29) is 18.2 Å². The van der Waals surface area contributed by atoms with Crippen LogP contribution in [0.5, 0.6) is 0 Å². The van der Waals surface area contributed by atoms with Gasteiger partial charge in [-0.15, -0.1) is 5.10 Å². The molecule has 4 nitrogen and oxygen atoms in total.